The smallest absolute Gasteiger partial charge is 0.143 e. The molecule has 0 bridgehead atoms. The van der Waals surface area contributed by atoms with E-state index in [4.69, 9.17) is 0 Å². The molecule has 0 amide bonds. The molecule has 0 radical (unpaired) electrons. The summed E-state index contributed by atoms with van der Waals surface area (Å²) in [6.07, 6.45) is 10.2. The van der Waals surface area contributed by atoms with Gasteiger partial charge in [0, 0.05) is 18.3 Å². The predicted molar refractivity (Wildman–Crippen MR) is 76.7 cm³/mol. The number of aliphatic hydroxyl groups excluding tert-OH is 2. The minimum absolute atomic E-state index is 0.0967. The Morgan fingerprint density at radius 3 is 2.68 bits per heavy atom. The summed E-state index contributed by atoms with van der Waals surface area (Å²) >= 11 is 0. The highest BCUT2D eigenvalue weighted by molar-refractivity contribution is 5.86. The SMILES string of the molecule is CCC/C=C/C1C(=O)CC(O)C1/C=C/C(O)CCC. The zero-order valence-corrected chi connectivity index (χ0v) is 12.0. The van der Waals surface area contributed by atoms with Gasteiger partial charge in [-0.25, -0.2) is 0 Å². The summed E-state index contributed by atoms with van der Waals surface area (Å²) in [7, 11) is 0. The van der Waals surface area contributed by atoms with E-state index < -0.39 is 12.2 Å². The van der Waals surface area contributed by atoms with Gasteiger partial charge in [0.1, 0.15) is 5.78 Å². The normalized spacial score (nSPS) is 29.7. The summed E-state index contributed by atoms with van der Waals surface area (Å²) < 4.78 is 0. The van der Waals surface area contributed by atoms with Crippen LogP contribution in [0, 0.1) is 11.8 Å². The van der Waals surface area contributed by atoms with Crippen LogP contribution in [0.2, 0.25) is 0 Å². The fourth-order valence-electron chi connectivity index (χ4n) is 2.47. The summed E-state index contributed by atoms with van der Waals surface area (Å²) in [6.45, 7) is 4.11. The van der Waals surface area contributed by atoms with E-state index in [1.54, 1.807) is 6.08 Å². The van der Waals surface area contributed by atoms with E-state index in [1.165, 1.54) is 0 Å². The van der Waals surface area contributed by atoms with Crippen molar-refractivity contribution in [3.8, 4) is 0 Å². The molecular weight excluding hydrogens is 240 g/mol. The van der Waals surface area contributed by atoms with Gasteiger partial charge < -0.3 is 10.2 Å². The Bertz CT molecular complexity index is 333. The number of carbonyl (C=O) groups is 1. The number of hydrogen-bond acceptors (Lipinski definition) is 3. The molecule has 4 unspecified atom stereocenters. The fraction of sp³-hybridized carbons (Fsp3) is 0.688. The highest BCUT2D eigenvalue weighted by Gasteiger charge is 2.38. The van der Waals surface area contributed by atoms with Crippen LogP contribution < -0.4 is 0 Å². The molecule has 3 nitrogen and oxygen atoms in total. The maximum atomic E-state index is 11.9. The second kappa shape index (κ2) is 8.28. The van der Waals surface area contributed by atoms with Crippen molar-refractivity contribution in [3.05, 3.63) is 24.3 Å². The lowest BCUT2D eigenvalue weighted by molar-refractivity contribution is -0.120. The highest BCUT2D eigenvalue weighted by Crippen LogP contribution is 2.31. The van der Waals surface area contributed by atoms with Crippen LogP contribution in [0.4, 0.5) is 0 Å². The number of aliphatic hydroxyl groups is 2. The molecule has 0 aliphatic heterocycles. The molecule has 0 aromatic heterocycles. The summed E-state index contributed by atoms with van der Waals surface area (Å²) in [5, 5.41) is 19.6. The van der Waals surface area contributed by atoms with Gasteiger partial charge in [0.2, 0.25) is 0 Å². The Morgan fingerprint density at radius 2 is 2.05 bits per heavy atom. The molecular formula is C16H26O3. The molecule has 3 heteroatoms. The number of rotatable bonds is 7. The van der Waals surface area contributed by atoms with Crippen molar-refractivity contribution in [3.63, 3.8) is 0 Å². The van der Waals surface area contributed by atoms with Crippen LogP contribution in [0.15, 0.2) is 24.3 Å². The second-order valence-electron chi connectivity index (χ2n) is 5.30. The number of allylic oxidation sites excluding steroid dienone is 2. The van der Waals surface area contributed by atoms with Crippen LogP contribution in [0.3, 0.4) is 0 Å². The third kappa shape index (κ3) is 4.92. The van der Waals surface area contributed by atoms with E-state index in [-0.39, 0.29) is 24.0 Å². The van der Waals surface area contributed by atoms with E-state index in [0.29, 0.717) is 6.42 Å². The van der Waals surface area contributed by atoms with Crippen molar-refractivity contribution in [2.75, 3.05) is 0 Å². The molecule has 0 aromatic rings. The van der Waals surface area contributed by atoms with E-state index in [2.05, 4.69) is 6.92 Å². The molecule has 0 aromatic carbocycles. The molecule has 0 spiro atoms. The van der Waals surface area contributed by atoms with Gasteiger partial charge in [0.05, 0.1) is 12.2 Å². The number of unbranched alkanes of at least 4 members (excludes halogenated alkanes) is 1. The lowest BCUT2D eigenvalue weighted by Gasteiger charge is -2.15. The largest absolute Gasteiger partial charge is 0.392 e. The van der Waals surface area contributed by atoms with E-state index in [0.717, 1.165) is 19.3 Å². The molecule has 1 saturated carbocycles. The molecule has 0 saturated heterocycles. The number of ketones is 1. The molecule has 2 N–H and O–H groups in total. The van der Waals surface area contributed by atoms with Gasteiger partial charge in [0.15, 0.2) is 0 Å². The summed E-state index contributed by atoms with van der Waals surface area (Å²) in [5.74, 6) is -0.321. The van der Waals surface area contributed by atoms with Gasteiger partial charge in [0.25, 0.3) is 0 Å². The van der Waals surface area contributed by atoms with Crippen LogP contribution in [-0.4, -0.2) is 28.2 Å². The van der Waals surface area contributed by atoms with Crippen molar-refractivity contribution in [1.29, 1.82) is 0 Å². The number of hydrogen-bond donors (Lipinski definition) is 2. The lowest BCUT2D eigenvalue weighted by Crippen LogP contribution is -2.17. The van der Waals surface area contributed by atoms with Crippen LogP contribution in [0.25, 0.3) is 0 Å². The Labute approximate surface area is 116 Å². The van der Waals surface area contributed by atoms with Crippen LogP contribution in [0.1, 0.15) is 46.0 Å². The van der Waals surface area contributed by atoms with Crippen molar-refractivity contribution < 1.29 is 15.0 Å². The first-order chi connectivity index (χ1) is 9.10. The van der Waals surface area contributed by atoms with Crippen LogP contribution >= 0.6 is 0 Å². The van der Waals surface area contributed by atoms with Crippen molar-refractivity contribution in [2.45, 2.75) is 58.2 Å². The first-order valence-electron chi connectivity index (χ1n) is 7.34. The summed E-state index contributed by atoms with van der Waals surface area (Å²) in [4.78, 5) is 11.9. The van der Waals surface area contributed by atoms with Gasteiger partial charge in [-0.15, -0.1) is 0 Å². The van der Waals surface area contributed by atoms with Gasteiger partial charge in [-0.1, -0.05) is 51.0 Å². The molecule has 1 aliphatic rings. The van der Waals surface area contributed by atoms with Crippen molar-refractivity contribution >= 4 is 5.78 Å². The average molecular weight is 266 g/mol. The lowest BCUT2D eigenvalue weighted by atomic mass is 9.92. The Balaban J connectivity index is 2.68. The van der Waals surface area contributed by atoms with Gasteiger partial charge in [-0.05, 0) is 12.8 Å². The summed E-state index contributed by atoms with van der Waals surface area (Å²) in [5.41, 5.74) is 0. The van der Waals surface area contributed by atoms with Crippen molar-refractivity contribution in [1.82, 2.24) is 0 Å². The topological polar surface area (TPSA) is 57.5 Å². The van der Waals surface area contributed by atoms with Crippen LogP contribution in [0.5, 0.6) is 0 Å². The van der Waals surface area contributed by atoms with E-state index >= 15 is 0 Å². The van der Waals surface area contributed by atoms with Crippen LogP contribution in [-0.2, 0) is 4.79 Å². The molecule has 1 aliphatic carbocycles. The first-order valence-corrected chi connectivity index (χ1v) is 7.34. The molecule has 108 valence electrons. The van der Waals surface area contributed by atoms with E-state index in [9.17, 15) is 15.0 Å². The quantitative estimate of drug-likeness (QED) is 0.696. The van der Waals surface area contributed by atoms with Crippen molar-refractivity contribution in [2.24, 2.45) is 11.8 Å². The summed E-state index contributed by atoms with van der Waals surface area (Å²) in [6, 6.07) is 0. The Hall–Kier alpha value is -0.930. The zero-order chi connectivity index (χ0) is 14.3. The first kappa shape index (κ1) is 16.1. The molecule has 4 atom stereocenters. The molecule has 19 heavy (non-hydrogen) atoms. The minimum Gasteiger partial charge on any atom is -0.392 e. The Morgan fingerprint density at radius 1 is 1.32 bits per heavy atom. The number of Topliss-reactive ketones (excluding diaryl/α,β-unsaturated/α-hetero) is 1. The number of carbonyl (C=O) groups excluding carboxylic acids is 1. The van der Waals surface area contributed by atoms with Gasteiger partial charge >= 0.3 is 0 Å². The maximum Gasteiger partial charge on any atom is 0.143 e. The molecule has 1 fully saturated rings. The molecule has 0 heterocycles. The predicted octanol–water partition coefficient (Wildman–Crippen LogP) is 2.63. The van der Waals surface area contributed by atoms with Gasteiger partial charge in [-0.3, -0.25) is 4.79 Å². The molecule has 1 rings (SSSR count). The maximum absolute atomic E-state index is 11.9. The zero-order valence-electron chi connectivity index (χ0n) is 12.0. The second-order valence-corrected chi connectivity index (χ2v) is 5.30. The Kier molecular flexibility index (Phi) is 7.03. The van der Waals surface area contributed by atoms with E-state index in [1.807, 2.05) is 25.2 Å². The third-order valence-electron chi connectivity index (χ3n) is 3.58. The fourth-order valence-corrected chi connectivity index (χ4v) is 2.47. The standard InChI is InChI=1S/C16H26O3/c1-3-5-6-8-13-14(16(19)11-15(13)18)10-9-12(17)7-4-2/h6,8-10,12-14,16-17,19H,3-5,7,11H2,1-2H3/b8-6+,10-9+. The minimum atomic E-state index is -0.617. The highest BCUT2D eigenvalue weighted by atomic mass is 16.3. The monoisotopic (exact) mass is 266 g/mol. The average Bonchev–Trinajstić information content (AvgIpc) is 2.62. The van der Waals surface area contributed by atoms with Gasteiger partial charge in [-0.2, -0.15) is 0 Å². The third-order valence-corrected chi connectivity index (χ3v) is 3.58.